The third-order valence-electron chi connectivity index (χ3n) is 2.60. The lowest BCUT2D eigenvalue weighted by Gasteiger charge is -2.26. The van der Waals surface area contributed by atoms with E-state index in [1.54, 1.807) is 0 Å². The minimum Gasteiger partial charge on any atom is -0.317 e. The zero-order chi connectivity index (χ0) is 9.61. The summed E-state index contributed by atoms with van der Waals surface area (Å²) in [4.78, 5) is 0. The van der Waals surface area contributed by atoms with Gasteiger partial charge in [0.25, 0.3) is 0 Å². The first-order valence-electron chi connectivity index (χ1n) is 5.22. The van der Waals surface area contributed by atoms with E-state index in [1.165, 1.54) is 19.4 Å². The largest absolute Gasteiger partial charge is 0.317 e. The van der Waals surface area contributed by atoms with Crippen molar-refractivity contribution >= 4 is 0 Å². The molecule has 12 heavy (non-hydrogen) atoms. The summed E-state index contributed by atoms with van der Waals surface area (Å²) in [6.45, 7) is 13.7. The van der Waals surface area contributed by atoms with Gasteiger partial charge in [0, 0.05) is 0 Å². The highest BCUT2D eigenvalue weighted by molar-refractivity contribution is 4.70. The Kier molecular flexibility index (Phi) is 5.56. The topological polar surface area (TPSA) is 12.0 Å². The predicted octanol–water partition coefficient (Wildman–Crippen LogP) is 3.06. The maximum Gasteiger partial charge on any atom is -0.00231 e. The van der Waals surface area contributed by atoms with Crippen molar-refractivity contribution in [2.75, 3.05) is 13.1 Å². The van der Waals surface area contributed by atoms with E-state index in [4.69, 9.17) is 0 Å². The molecule has 0 bridgehead atoms. The number of hydrogen-bond donors (Lipinski definition) is 1. The van der Waals surface area contributed by atoms with E-state index >= 15 is 0 Å². The summed E-state index contributed by atoms with van der Waals surface area (Å²) in [5.74, 6) is 0.805. The molecular weight excluding hydrogens is 146 g/mol. The second kappa shape index (κ2) is 5.58. The zero-order valence-corrected chi connectivity index (χ0v) is 9.41. The molecule has 74 valence electrons. The highest BCUT2D eigenvalue weighted by atomic mass is 14.8. The van der Waals surface area contributed by atoms with Crippen LogP contribution in [-0.2, 0) is 0 Å². The van der Waals surface area contributed by atoms with Crippen molar-refractivity contribution in [1.82, 2.24) is 5.32 Å². The van der Waals surface area contributed by atoms with Crippen LogP contribution < -0.4 is 5.32 Å². The Morgan fingerprint density at radius 2 is 1.83 bits per heavy atom. The average molecular weight is 171 g/mol. The SMILES string of the molecule is CCNCC(C)CC(C)(C)CC. The van der Waals surface area contributed by atoms with Gasteiger partial charge < -0.3 is 5.32 Å². The lowest BCUT2D eigenvalue weighted by molar-refractivity contribution is 0.263. The smallest absolute Gasteiger partial charge is 0.00231 e. The van der Waals surface area contributed by atoms with Crippen LogP contribution in [-0.4, -0.2) is 13.1 Å². The maximum absolute atomic E-state index is 3.39. The van der Waals surface area contributed by atoms with Gasteiger partial charge in [-0.15, -0.1) is 0 Å². The maximum atomic E-state index is 3.39. The first kappa shape index (κ1) is 12.0. The number of rotatable bonds is 6. The van der Waals surface area contributed by atoms with Crippen LogP contribution in [0.1, 0.15) is 47.5 Å². The van der Waals surface area contributed by atoms with Crippen LogP contribution in [0.2, 0.25) is 0 Å². The second-order valence-electron chi connectivity index (χ2n) is 4.63. The van der Waals surface area contributed by atoms with Gasteiger partial charge in [-0.05, 0) is 30.8 Å². The lowest BCUT2D eigenvalue weighted by Crippen LogP contribution is -2.24. The summed E-state index contributed by atoms with van der Waals surface area (Å²) < 4.78 is 0. The van der Waals surface area contributed by atoms with Gasteiger partial charge >= 0.3 is 0 Å². The van der Waals surface area contributed by atoms with Crippen LogP contribution in [0.5, 0.6) is 0 Å². The van der Waals surface area contributed by atoms with Crippen LogP contribution in [0.4, 0.5) is 0 Å². The Bertz CT molecular complexity index is 108. The molecule has 1 unspecified atom stereocenters. The molecule has 1 atom stereocenters. The fourth-order valence-electron chi connectivity index (χ4n) is 1.55. The Labute approximate surface area is 77.9 Å². The minimum absolute atomic E-state index is 0.523. The lowest BCUT2D eigenvalue weighted by atomic mass is 9.81. The quantitative estimate of drug-likeness (QED) is 0.647. The molecule has 0 fully saturated rings. The normalized spacial score (nSPS) is 14.8. The fraction of sp³-hybridized carbons (Fsp3) is 1.00. The zero-order valence-electron chi connectivity index (χ0n) is 9.41. The van der Waals surface area contributed by atoms with Gasteiger partial charge in [0.1, 0.15) is 0 Å². The van der Waals surface area contributed by atoms with Gasteiger partial charge in [0.05, 0.1) is 0 Å². The second-order valence-corrected chi connectivity index (χ2v) is 4.63. The van der Waals surface area contributed by atoms with Crippen molar-refractivity contribution in [3.8, 4) is 0 Å². The number of nitrogens with one attached hydrogen (secondary N) is 1. The molecule has 1 N–H and O–H groups in total. The average Bonchev–Trinajstić information content (AvgIpc) is 2.00. The molecule has 1 nitrogen and oxygen atoms in total. The first-order chi connectivity index (χ1) is 5.52. The predicted molar refractivity (Wildman–Crippen MR) is 56.4 cm³/mol. The van der Waals surface area contributed by atoms with E-state index in [-0.39, 0.29) is 0 Å². The first-order valence-corrected chi connectivity index (χ1v) is 5.22. The number of hydrogen-bond acceptors (Lipinski definition) is 1. The molecule has 0 amide bonds. The van der Waals surface area contributed by atoms with E-state index < -0.39 is 0 Å². The summed E-state index contributed by atoms with van der Waals surface area (Å²) in [7, 11) is 0. The molecule has 0 heterocycles. The van der Waals surface area contributed by atoms with Gasteiger partial charge in [-0.2, -0.15) is 0 Å². The highest BCUT2D eigenvalue weighted by Crippen LogP contribution is 2.28. The molecule has 0 aromatic heterocycles. The molecule has 0 spiro atoms. The van der Waals surface area contributed by atoms with Crippen LogP contribution in [0.15, 0.2) is 0 Å². The van der Waals surface area contributed by atoms with Crippen molar-refractivity contribution in [1.29, 1.82) is 0 Å². The van der Waals surface area contributed by atoms with Crippen LogP contribution >= 0.6 is 0 Å². The molecule has 0 rings (SSSR count). The van der Waals surface area contributed by atoms with Gasteiger partial charge in [-0.3, -0.25) is 0 Å². The summed E-state index contributed by atoms with van der Waals surface area (Å²) in [6, 6.07) is 0. The molecular formula is C11H25N. The van der Waals surface area contributed by atoms with Gasteiger partial charge in [-0.1, -0.05) is 41.0 Å². The van der Waals surface area contributed by atoms with Crippen LogP contribution in [0.3, 0.4) is 0 Å². The van der Waals surface area contributed by atoms with Crippen LogP contribution in [0.25, 0.3) is 0 Å². The standard InChI is InChI=1S/C11H25N/c1-6-11(4,5)8-10(3)9-12-7-2/h10,12H,6-9H2,1-5H3. The van der Waals surface area contributed by atoms with E-state index in [0.717, 1.165) is 12.5 Å². The third kappa shape index (κ3) is 5.59. The molecule has 0 aliphatic heterocycles. The third-order valence-corrected chi connectivity index (χ3v) is 2.60. The molecule has 0 aliphatic rings. The summed E-state index contributed by atoms with van der Waals surface area (Å²) in [5.41, 5.74) is 0.523. The summed E-state index contributed by atoms with van der Waals surface area (Å²) in [5, 5.41) is 3.39. The van der Waals surface area contributed by atoms with Crippen molar-refractivity contribution in [3.63, 3.8) is 0 Å². The summed E-state index contributed by atoms with van der Waals surface area (Å²) >= 11 is 0. The molecule has 0 saturated carbocycles. The van der Waals surface area contributed by atoms with Crippen molar-refractivity contribution in [2.24, 2.45) is 11.3 Å². The van der Waals surface area contributed by atoms with Gasteiger partial charge in [0.2, 0.25) is 0 Å². The van der Waals surface area contributed by atoms with Crippen LogP contribution in [0, 0.1) is 11.3 Å². The molecule has 0 aliphatic carbocycles. The fourth-order valence-corrected chi connectivity index (χ4v) is 1.55. The van der Waals surface area contributed by atoms with Crippen molar-refractivity contribution < 1.29 is 0 Å². The minimum atomic E-state index is 0.523. The van der Waals surface area contributed by atoms with Gasteiger partial charge in [0.15, 0.2) is 0 Å². The van der Waals surface area contributed by atoms with E-state index in [9.17, 15) is 0 Å². The van der Waals surface area contributed by atoms with E-state index in [0.29, 0.717) is 5.41 Å². The van der Waals surface area contributed by atoms with E-state index in [2.05, 4.69) is 39.9 Å². The monoisotopic (exact) mass is 171 g/mol. The Balaban J connectivity index is 3.60. The Hall–Kier alpha value is -0.0400. The summed E-state index contributed by atoms with van der Waals surface area (Å²) in [6.07, 6.45) is 2.61. The molecule has 0 aromatic carbocycles. The molecule has 0 radical (unpaired) electrons. The van der Waals surface area contributed by atoms with Crippen molar-refractivity contribution in [3.05, 3.63) is 0 Å². The highest BCUT2D eigenvalue weighted by Gasteiger charge is 2.18. The van der Waals surface area contributed by atoms with E-state index in [1.807, 2.05) is 0 Å². The Morgan fingerprint density at radius 1 is 1.25 bits per heavy atom. The molecule has 0 aromatic rings. The molecule has 0 saturated heterocycles. The van der Waals surface area contributed by atoms with Crippen molar-refractivity contribution in [2.45, 2.75) is 47.5 Å². The Morgan fingerprint density at radius 3 is 2.25 bits per heavy atom. The van der Waals surface area contributed by atoms with Gasteiger partial charge in [-0.25, -0.2) is 0 Å². The molecule has 1 heteroatoms.